The highest BCUT2D eigenvalue weighted by Crippen LogP contribution is 2.27. The lowest BCUT2D eigenvalue weighted by molar-refractivity contribution is 0.0598. The topological polar surface area (TPSA) is 99.2 Å². The number of hydrogen-bond donors (Lipinski definition) is 1. The van der Waals surface area contributed by atoms with Gasteiger partial charge in [0, 0.05) is 45.6 Å². The van der Waals surface area contributed by atoms with Crippen molar-refractivity contribution < 1.29 is 19.4 Å². The van der Waals surface area contributed by atoms with Crippen LogP contribution in [0.2, 0.25) is 10.0 Å². The average Bonchev–Trinajstić information content (AvgIpc) is 3.81. The fourth-order valence-electron chi connectivity index (χ4n) is 6.39. The van der Waals surface area contributed by atoms with Crippen molar-refractivity contribution in [1.82, 2.24) is 19.1 Å². The van der Waals surface area contributed by atoms with Crippen molar-refractivity contribution in [1.29, 1.82) is 0 Å². The second-order valence-corrected chi connectivity index (χ2v) is 13.2. The zero-order valence-corrected chi connectivity index (χ0v) is 30.0. The highest BCUT2D eigenvalue weighted by molar-refractivity contribution is 6.31. The predicted molar refractivity (Wildman–Crippen MR) is 209 cm³/mol. The third-order valence-electron chi connectivity index (χ3n) is 8.93. The third kappa shape index (κ3) is 7.84. The number of benzene rings is 4. The summed E-state index contributed by atoms with van der Waals surface area (Å²) in [5.41, 5.74) is 8.73. The second-order valence-electron chi connectivity index (χ2n) is 12.3. The van der Waals surface area contributed by atoms with Crippen molar-refractivity contribution >= 4 is 56.9 Å². The highest BCUT2D eigenvalue weighted by Gasteiger charge is 2.15. The number of nitrogens with zero attached hydrogens (tertiary/aromatic N) is 4. The van der Waals surface area contributed by atoms with Crippen molar-refractivity contribution in [2.24, 2.45) is 0 Å². The summed E-state index contributed by atoms with van der Waals surface area (Å²) in [5.74, 6) is -1.34. The Morgan fingerprint density at radius 1 is 0.642 bits per heavy atom. The molecule has 0 aliphatic rings. The number of aromatic nitrogens is 4. The number of carbonyl (C=O) groups excluding carboxylic acids is 1. The van der Waals surface area contributed by atoms with Crippen LogP contribution in [-0.4, -0.2) is 43.3 Å². The number of carbonyl (C=O) groups is 2. The fourth-order valence-corrected chi connectivity index (χ4v) is 6.74. The first kappa shape index (κ1) is 35.2. The standard InChI is InChI=1S/C22H17ClN2O2.C21H15ClN2O2/c1-27-22(26)20-13-18(23)6-5-16(20)11-15-4-7-21-17(12-15)8-10-25(21)19-3-2-9-24-14-19;22-17-5-4-15(19(12-17)21(25)26)10-14-3-6-20-16(11-14)7-9-24(20)18-2-1-8-23-13-18/h2-10,12-14H,11H2,1H3;1-9,11-13H,10H2,(H,25,26). The Balaban J connectivity index is 0.000000164. The van der Waals surface area contributed by atoms with E-state index in [-0.39, 0.29) is 11.5 Å². The van der Waals surface area contributed by atoms with Gasteiger partial charge in [-0.05, 0) is 120 Å². The van der Waals surface area contributed by atoms with E-state index in [4.69, 9.17) is 27.9 Å². The molecule has 0 spiro atoms. The number of fused-ring (bicyclic) bond motifs is 2. The van der Waals surface area contributed by atoms with Gasteiger partial charge in [-0.15, -0.1) is 0 Å². The smallest absolute Gasteiger partial charge is 0.338 e. The van der Waals surface area contributed by atoms with Gasteiger partial charge in [0.05, 0.1) is 53.0 Å². The summed E-state index contributed by atoms with van der Waals surface area (Å²) in [6, 6.07) is 34.8. The zero-order chi connectivity index (χ0) is 36.9. The Morgan fingerprint density at radius 3 is 1.58 bits per heavy atom. The Bertz CT molecular complexity index is 2580. The van der Waals surface area contributed by atoms with Crippen molar-refractivity contribution in [3.05, 3.63) is 190 Å². The molecule has 8 aromatic rings. The molecule has 8 nitrogen and oxygen atoms in total. The fraction of sp³-hybridized carbons (Fsp3) is 0.0698. The van der Waals surface area contributed by atoms with Gasteiger partial charge in [-0.1, -0.05) is 47.5 Å². The van der Waals surface area contributed by atoms with Gasteiger partial charge >= 0.3 is 11.9 Å². The normalized spacial score (nSPS) is 10.9. The van der Waals surface area contributed by atoms with Crippen LogP contribution in [-0.2, 0) is 17.6 Å². The number of esters is 1. The van der Waals surface area contributed by atoms with Gasteiger partial charge in [-0.3, -0.25) is 9.97 Å². The lowest BCUT2D eigenvalue weighted by Crippen LogP contribution is -2.06. The maximum atomic E-state index is 12.1. The van der Waals surface area contributed by atoms with E-state index in [2.05, 4.69) is 49.4 Å². The van der Waals surface area contributed by atoms with Crippen LogP contribution in [0.25, 0.3) is 33.2 Å². The molecule has 4 aromatic heterocycles. The molecule has 4 heterocycles. The Morgan fingerprint density at radius 2 is 1.13 bits per heavy atom. The maximum absolute atomic E-state index is 12.1. The molecule has 0 fully saturated rings. The molecule has 53 heavy (non-hydrogen) atoms. The summed E-state index contributed by atoms with van der Waals surface area (Å²) in [6.45, 7) is 0. The van der Waals surface area contributed by atoms with E-state index in [0.29, 0.717) is 28.5 Å². The molecule has 4 aromatic carbocycles. The van der Waals surface area contributed by atoms with Gasteiger partial charge in [0.2, 0.25) is 0 Å². The van der Waals surface area contributed by atoms with Crippen LogP contribution in [0.5, 0.6) is 0 Å². The van der Waals surface area contributed by atoms with E-state index in [0.717, 1.165) is 55.4 Å². The molecule has 10 heteroatoms. The predicted octanol–water partition coefficient (Wildman–Crippen LogP) is 10.0. The quantitative estimate of drug-likeness (QED) is 0.156. The molecule has 0 bridgehead atoms. The van der Waals surface area contributed by atoms with E-state index >= 15 is 0 Å². The minimum Gasteiger partial charge on any atom is -0.478 e. The van der Waals surface area contributed by atoms with Crippen molar-refractivity contribution in [2.45, 2.75) is 12.8 Å². The van der Waals surface area contributed by atoms with Crippen molar-refractivity contribution in [3.8, 4) is 11.4 Å². The van der Waals surface area contributed by atoms with Gasteiger partial charge in [0.25, 0.3) is 0 Å². The molecule has 8 rings (SSSR count). The molecular formula is C43H32Cl2N4O4. The average molecular weight is 740 g/mol. The number of hydrogen-bond acceptors (Lipinski definition) is 5. The van der Waals surface area contributed by atoms with Crippen LogP contribution in [0, 0.1) is 0 Å². The minimum absolute atomic E-state index is 0.241. The zero-order valence-electron chi connectivity index (χ0n) is 28.5. The monoisotopic (exact) mass is 738 g/mol. The molecule has 0 atom stereocenters. The van der Waals surface area contributed by atoms with E-state index in [1.54, 1.807) is 36.7 Å². The Labute approximate surface area is 315 Å². The van der Waals surface area contributed by atoms with Crippen LogP contribution in [0.4, 0.5) is 0 Å². The second kappa shape index (κ2) is 15.6. The van der Waals surface area contributed by atoms with Crippen molar-refractivity contribution in [2.75, 3.05) is 7.11 Å². The summed E-state index contributed by atoms with van der Waals surface area (Å²) in [5, 5.41) is 12.6. The molecule has 0 aliphatic carbocycles. The lowest BCUT2D eigenvalue weighted by atomic mass is 9.99. The first-order chi connectivity index (χ1) is 25.8. The third-order valence-corrected chi connectivity index (χ3v) is 9.40. The molecule has 0 saturated heterocycles. The molecule has 0 saturated carbocycles. The lowest BCUT2D eigenvalue weighted by Gasteiger charge is -2.10. The number of rotatable bonds is 8. The summed E-state index contributed by atoms with van der Waals surface area (Å²) in [7, 11) is 1.38. The number of pyridine rings is 2. The first-order valence-electron chi connectivity index (χ1n) is 16.7. The van der Waals surface area contributed by atoms with Crippen LogP contribution < -0.4 is 0 Å². The molecule has 0 radical (unpaired) electrons. The molecule has 1 N–H and O–H groups in total. The SMILES string of the molecule is COC(=O)c1cc(Cl)ccc1Cc1ccc2c(ccn2-c2cccnc2)c1.O=C(O)c1cc(Cl)ccc1Cc1ccc2c(ccn2-c2cccnc2)c1. The van der Waals surface area contributed by atoms with Crippen LogP contribution in [0.1, 0.15) is 43.0 Å². The minimum atomic E-state index is -0.966. The molecule has 0 aliphatic heterocycles. The number of halogens is 2. The maximum Gasteiger partial charge on any atom is 0.338 e. The van der Waals surface area contributed by atoms with Gasteiger partial charge in [-0.2, -0.15) is 0 Å². The largest absolute Gasteiger partial charge is 0.478 e. The van der Waals surface area contributed by atoms with Gasteiger partial charge in [0.1, 0.15) is 0 Å². The van der Waals surface area contributed by atoms with E-state index in [1.807, 2.05) is 73.3 Å². The summed E-state index contributed by atoms with van der Waals surface area (Å²) >= 11 is 12.0. The van der Waals surface area contributed by atoms with Gasteiger partial charge < -0.3 is 19.0 Å². The summed E-state index contributed by atoms with van der Waals surface area (Å²) in [4.78, 5) is 31.9. The molecule has 262 valence electrons. The van der Waals surface area contributed by atoms with Crippen molar-refractivity contribution in [3.63, 3.8) is 0 Å². The number of carboxylic acids is 1. The number of aromatic carboxylic acids is 1. The number of methoxy groups -OCH3 is 1. The molecular weight excluding hydrogens is 707 g/mol. The molecule has 0 unspecified atom stereocenters. The number of carboxylic acid groups (broad SMARTS) is 1. The van der Waals surface area contributed by atoms with Gasteiger partial charge in [-0.25, -0.2) is 9.59 Å². The van der Waals surface area contributed by atoms with Crippen LogP contribution in [0.3, 0.4) is 0 Å². The Hall–Kier alpha value is -6.22. The number of ether oxygens (including phenoxy) is 1. The van der Waals surface area contributed by atoms with Crippen LogP contribution in [0.15, 0.2) is 146 Å². The Kier molecular flexibility index (Phi) is 10.3. The van der Waals surface area contributed by atoms with Crippen LogP contribution >= 0.6 is 23.2 Å². The highest BCUT2D eigenvalue weighted by atomic mass is 35.5. The summed E-state index contributed by atoms with van der Waals surface area (Å²) < 4.78 is 9.07. The van der Waals surface area contributed by atoms with E-state index in [9.17, 15) is 14.7 Å². The van der Waals surface area contributed by atoms with E-state index < -0.39 is 5.97 Å². The molecule has 0 amide bonds. The van der Waals surface area contributed by atoms with Gasteiger partial charge in [0.15, 0.2) is 0 Å². The summed E-state index contributed by atoms with van der Waals surface area (Å²) in [6.07, 6.45) is 12.4. The van der Waals surface area contributed by atoms with E-state index in [1.165, 1.54) is 13.2 Å². The first-order valence-corrected chi connectivity index (χ1v) is 17.4.